The highest BCUT2D eigenvalue weighted by Gasteiger charge is 2.39. The molecule has 0 saturated carbocycles. The fourth-order valence-electron chi connectivity index (χ4n) is 4.75. The maximum absolute atomic E-state index is 13.5. The standard InChI is InChI=1S/C28H24F6N2O4/c29-27(30,31)20-12-19(13-21(14-20)28(32,33)34)25(38)36-9-8-35(15-17-4-2-1-3-5-17)16-22(36)10-18-6-7-23(26(39)40)24(37)11-18/h1-7,11-14,22,37H,8-10,15-16H2,(H,39,40)/t22-/m1/s1. The van der Waals surface area contributed by atoms with E-state index in [0.29, 0.717) is 30.8 Å². The van der Waals surface area contributed by atoms with E-state index >= 15 is 0 Å². The Balaban J connectivity index is 1.68. The lowest BCUT2D eigenvalue weighted by atomic mass is 9.98. The number of carboxylic acids is 1. The van der Waals surface area contributed by atoms with E-state index in [1.165, 1.54) is 23.1 Å². The van der Waals surface area contributed by atoms with Crippen molar-refractivity contribution in [2.45, 2.75) is 31.4 Å². The second-order valence-corrected chi connectivity index (χ2v) is 9.53. The molecule has 12 heteroatoms. The van der Waals surface area contributed by atoms with Gasteiger partial charge in [-0.25, -0.2) is 4.79 Å². The van der Waals surface area contributed by atoms with E-state index in [1.54, 1.807) is 0 Å². The van der Waals surface area contributed by atoms with Crippen LogP contribution in [0.25, 0.3) is 0 Å². The minimum Gasteiger partial charge on any atom is -0.507 e. The van der Waals surface area contributed by atoms with Gasteiger partial charge in [-0.15, -0.1) is 0 Å². The van der Waals surface area contributed by atoms with Crippen molar-refractivity contribution < 1.29 is 46.1 Å². The van der Waals surface area contributed by atoms with Crippen molar-refractivity contribution in [3.63, 3.8) is 0 Å². The number of hydrogen-bond donors (Lipinski definition) is 2. The number of carboxylic acid groups (broad SMARTS) is 1. The lowest BCUT2D eigenvalue weighted by Crippen LogP contribution is -2.55. The van der Waals surface area contributed by atoms with Gasteiger partial charge in [0.1, 0.15) is 11.3 Å². The lowest BCUT2D eigenvalue weighted by Gasteiger charge is -2.42. The number of aromatic hydroxyl groups is 1. The number of piperazine rings is 1. The van der Waals surface area contributed by atoms with Gasteiger partial charge in [0.2, 0.25) is 0 Å². The Morgan fingerprint density at radius 1 is 0.825 bits per heavy atom. The van der Waals surface area contributed by atoms with Crippen LogP contribution in [0.15, 0.2) is 66.7 Å². The van der Waals surface area contributed by atoms with Crippen LogP contribution in [-0.4, -0.2) is 57.6 Å². The maximum atomic E-state index is 13.5. The largest absolute Gasteiger partial charge is 0.507 e. The van der Waals surface area contributed by atoms with Crippen LogP contribution in [0.2, 0.25) is 0 Å². The van der Waals surface area contributed by atoms with E-state index in [9.17, 15) is 46.1 Å². The molecule has 0 radical (unpaired) electrons. The number of amides is 1. The SMILES string of the molecule is O=C(O)c1ccc(C[C@@H]2CN(Cc3ccccc3)CCN2C(=O)c2cc(C(F)(F)F)cc(C(F)(F)F)c2)cc1O. The van der Waals surface area contributed by atoms with Crippen molar-refractivity contribution in [2.24, 2.45) is 0 Å². The Bertz CT molecular complexity index is 1360. The molecule has 0 spiro atoms. The number of aromatic carboxylic acids is 1. The summed E-state index contributed by atoms with van der Waals surface area (Å²) in [5.41, 5.74) is -2.84. The van der Waals surface area contributed by atoms with Crippen LogP contribution in [0, 0.1) is 0 Å². The number of phenols is 1. The highest BCUT2D eigenvalue weighted by Crippen LogP contribution is 2.37. The van der Waals surface area contributed by atoms with E-state index in [4.69, 9.17) is 0 Å². The molecule has 1 saturated heterocycles. The van der Waals surface area contributed by atoms with Gasteiger partial charge < -0.3 is 15.1 Å². The number of alkyl halides is 6. The summed E-state index contributed by atoms with van der Waals surface area (Å²) < 4.78 is 80.6. The summed E-state index contributed by atoms with van der Waals surface area (Å²) in [4.78, 5) is 28.0. The normalized spacial score (nSPS) is 16.6. The van der Waals surface area contributed by atoms with Gasteiger partial charge in [0.05, 0.1) is 11.1 Å². The second-order valence-electron chi connectivity index (χ2n) is 9.53. The number of hydrogen-bond acceptors (Lipinski definition) is 4. The summed E-state index contributed by atoms with van der Waals surface area (Å²) in [6.45, 7) is 1.05. The smallest absolute Gasteiger partial charge is 0.416 e. The molecule has 40 heavy (non-hydrogen) atoms. The molecule has 0 aromatic heterocycles. The maximum Gasteiger partial charge on any atom is 0.416 e. The zero-order valence-corrected chi connectivity index (χ0v) is 20.8. The van der Waals surface area contributed by atoms with Crippen LogP contribution in [0.5, 0.6) is 5.75 Å². The second kappa shape index (κ2) is 11.2. The fraction of sp³-hybridized carbons (Fsp3) is 0.286. The van der Waals surface area contributed by atoms with Crippen molar-refractivity contribution >= 4 is 11.9 Å². The van der Waals surface area contributed by atoms with Crippen LogP contribution in [-0.2, 0) is 25.3 Å². The van der Waals surface area contributed by atoms with Gasteiger partial charge in [-0.05, 0) is 47.9 Å². The summed E-state index contributed by atoms with van der Waals surface area (Å²) >= 11 is 0. The number of halogens is 6. The van der Waals surface area contributed by atoms with Crippen LogP contribution in [0.4, 0.5) is 26.3 Å². The number of carbonyl (C=O) groups is 2. The molecule has 0 aliphatic carbocycles. The van der Waals surface area contributed by atoms with Gasteiger partial charge in [-0.3, -0.25) is 9.69 Å². The minimum atomic E-state index is -5.10. The molecule has 1 atom stereocenters. The third-order valence-corrected chi connectivity index (χ3v) is 6.68. The molecule has 6 nitrogen and oxygen atoms in total. The van der Waals surface area contributed by atoms with Crippen LogP contribution < -0.4 is 0 Å². The van der Waals surface area contributed by atoms with Crippen molar-refractivity contribution in [1.29, 1.82) is 0 Å². The summed E-state index contributed by atoms with van der Waals surface area (Å²) in [6, 6.07) is 13.3. The summed E-state index contributed by atoms with van der Waals surface area (Å²) in [5.74, 6) is -2.85. The van der Waals surface area contributed by atoms with E-state index in [1.807, 2.05) is 35.2 Å². The molecule has 1 heterocycles. The first-order valence-corrected chi connectivity index (χ1v) is 12.1. The van der Waals surface area contributed by atoms with Gasteiger partial charge in [0.25, 0.3) is 5.91 Å². The van der Waals surface area contributed by atoms with Crippen LogP contribution in [0.3, 0.4) is 0 Å². The van der Waals surface area contributed by atoms with Crippen LogP contribution in [0.1, 0.15) is 43.0 Å². The molecule has 0 unspecified atom stereocenters. The molecule has 4 rings (SSSR count). The van der Waals surface area contributed by atoms with Crippen molar-refractivity contribution in [3.05, 3.63) is 100 Å². The van der Waals surface area contributed by atoms with E-state index < -0.39 is 52.7 Å². The van der Waals surface area contributed by atoms with E-state index in [0.717, 1.165) is 5.56 Å². The highest BCUT2D eigenvalue weighted by molar-refractivity contribution is 5.95. The predicted molar refractivity (Wildman–Crippen MR) is 132 cm³/mol. The molecule has 1 aliphatic rings. The first-order chi connectivity index (χ1) is 18.7. The van der Waals surface area contributed by atoms with Gasteiger partial charge in [0, 0.05) is 37.8 Å². The molecular weight excluding hydrogens is 542 g/mol. The average Bonchev–Trinajstić information content (AvgIpc) is 2.88. The summed E-state index contributed by atoms with van der Waals surface area (Å²) in [7, 11) is 0. The molecular formula is C28H24F6N2O4. The third-order valence-electron chi connectivity index (χ3n) is 6.68. The molecule has 2 N–H and O–H groups in total. The number of carbonyl (C=O) groups excluding carboxylic acids is 1. The Hall–Kier alpha value is -4.06. The zero-order valence-electron chi connectivity index (χ0n) is 20.8. The van der Waals surface area contributed by atoms with Gasteiger partial charge in [0.15, 0.2) is 0 Å². The predicted octanol–water partition coefficient (Wildman–Crippen LogP) is 5.70. The summed E-state index contributed by atoms with van der Waals surface area (Å²) in [6.07, 6.45) is -10.1. The fourth-order valence-corrected chi connectivity index (χ4v) is 4.75. The van der Waals surface area contributed by atoms with Crippen molar-refractivity contribution in [1.82, 2.24) is 9.80 Å². The Morgan fingerprint density at radius 2 is 1.45 bits per heavy atom. The average molecular weight is 566 g/mol. The van der Waals surface area contributed by atoms with Gasteiger partial charge >= 0.3 is 18.3 Å². The van der Waals surface area contributed by atoms with E-state index in [-0.39, 0.29) is 31.1 Å². The Labute approximate surface area is 225 Å². The van der Waals surface area contributed by atoms with E-state index in [2.05, 4.69) is 0 Å². The quantitative estimate of drug-likeness (QED) is 0.375. The molecule has 3 aromatic rings. The monoisotopic (exact) mass is 566 g/mol. The highest BCUT2D eigenvalue weighted by atomic mass is 19.4. The molecule has 212 valence electrons. The number of rotatable bonds is 6. The third kappa shape index (κ3) is 6.74. The van der Waals surface area contributed by atoms with Crippen LogP contribution >= 0.6 is 0 Å². The molecule has 0 bridgehead atoms. The molecule has 1 amide bonds. The molecule has 3 aromatic carbocycles. The molecule has 1 aliphatic heterocycles. The lowest BCUT2D eigenvalue weighted by molar-refractivity contribution is -0.143. The Morgan fingerprint density at radius 3 is 2.00 bits per heavy atom. The summed E-state index contributed by atoms with van der Waals surface area (Å²) in [5, 5.41) is 19.3. The minimum absolute atomic E-state index is 0.0210. The van der Waals surface area contributed by atoms with Gasteiger partial charge in [-0.1, -0.05) is 36.4 Å². The first-order valence-electron chi connectivity index (χ1n) is 12.1. The number of nitrogens with zero attached hydrogens (tertiary/aromatic N) is 2. The first kappa shape index (κ1) is 28.9. The van der Waals surface area contributed by atoms with Crippen molar-refractivity contribution in [3.8, 4) is 5.75 Å². The zero-order chi connectivity index (χ0) is 29.2. The molecule has 1 fully saturated rings. The Kier molecular flexibility index (Phi) is 8.10. The van der Waals surface area contributed by atoms with Gasteiger partial charge in [-0.2, -0.15) is 26.3 Å². The number of benzene rings is 3. The van der Waals surface area contributed by atoms with Crippen molar-refractivity contribution in [2.75, 3.05) is 19.6 Å². The topological polar surface area (TPSA) is 81.1 Å².